The van der Waals surface area contributed by atoms with Crippen molar-refractivity contribution in [2.75, 3.05) is 6.61 Å². The maximum atomic E-state index is 9.54. The molecule has 0 spiro atoms. The van der Waals surface area contributed by atoms with E-state index in [0.29, 0.717) is 0 Å². The average molecular weight is 220 g/mol. The second-order valence-corrected chi connectivity index (χ2v) is 5.33. The quantitative estimate of drug-likeness (QED) is 0.803. The van der Waals surface area contributed by atoms with Crippen molar-refractivity contribution in [2.24, 2.45) is 5.41 Å². The Bertz CT molecular complexity index is 343. The van der Waals surface area contributed by atoms with Gasteiger partial charge in [0.1, 0.15) is 0 Å². The highest BCUT2D eigenvalue weighted by atomic mass is 16.3. The van der Waals surface area contributed by atoms with Gasteiger partial charge >= 0.3 is 0 Å². The smallest absolute Gasteiger partial charge is 0.0487 e. The standard InChI is InChI=1S/C15H24O/c1-5-8-15(4,11-16)10-14-9-12(2)6-7-13(14)3/h6-7,9,16H,5,8,10-11H2,1-4H3. The summed E-state index contributed by atoms with van der Waals surface area (Å²) < 4.78 is 0. The molecule has 0 saturated carbocycles. The molecule has 1 aromatic carbocycles. The third kappa shape index (κ3) is 3.34. The van der Waals surface area contributed by atoms with Crippen molar-refractivity contribution in [3.8, 4) is 0 Å². The lowest BCUT2D eigenvalue weighted by atomic mass is 9.79. The lowest BCUT2D eigenvalue weighted by Crippen LogP contribution is -2.24. The van der Waals surface area contributed by atoms with E-state index < -0.39 is 0 Å². The summed E-state index contributed by atoms with van der Waals surface area (Å²) in [6.07, 6.45) is 3.18. The van der Waals surface area contributed by atoms with Crippen LogP contribution in [-0.2, 0) is 6.42 Å². The zero-order valence-electron chi connectivity index (χ0n) is 11.0. The summed E-state index contributed by atoms with van der Waals surface area (Å²) in [6, 6.07) is 6.57. The van der Waals surface area contributed by atoms with Crippen molar-refractivity contribution in [1.29, 1.82) is 0 Å². The van der Waals surface area contributed by atoms with Crippen LogP contribution in [0, 0.1) is 19.3 Å². The normalized spacial score (nSPS) is 14.8. The third-order valence-corrected chi connectivity index (χ3v) is 3.36. The lowest BCUT2D eigenvalue weighted by molar-refractivity contribution is 0.131. The highest BCUT2D eigenvalue weighted by Gasteiger charge is 2.23. The van der Waals surface area contributed by atoms with Gasteiger partial charge in [-0.3, -0.25) is 0 Å². The number of rotatable bonds is 5. The van der Waals surface area contributed by atoms with Crippen LogP contribution in [0.15, 0.2) is 18.2 Å². The second kappa shape index (κ2) is 5.49. The monoisotopic (exact) mass is 220 g/mol. The highest BCUT2D eigenvalue weighted by Crippen LogP contribution is 2.29. The van der Waals surface area contributed by atoms with Crippen LogP contribution in [0.2, 0.25) is 0 Å². The molecular weight excluding hydrogens is 196 g/mol. The summed E-state index contributed by atoms with van der Waals surface area (Å²) in [7, 11) is 0. The summed E-state index contributed by atoms with van der Waals surface area (Å²) in [4.78, 5) is 0. The molecule has 1 heteroatoms. The molecule has 0 radical (unpaired) electrons. The van der Waals surface area contributed by atoms with Gasteiger partial charge in [0.25, 0.3) is 0 Å². The molecule has 0 aliphatic heterocycles. The molecular formula is C15H24O. The van der Waals surface area contributed by atoms with Crippen LogP contribution in [0.1, 0.15) is 43.4 Å². The van der Waals surface area contributed by atoms with Gasteiger partial charge in [0.2, 0.25) is 0 Å². The Morgan fingerprint density at radius 2 is 1.94 bits per heavy atom. The van der Waals surface area contributed by atoms with Crippen LogP contribution >= 0.6 is 0 Å². The van der Waals surface area contributed by atoms with E-state index in [-0.39, 0.29) is 12.0 Å². The zero-order chi connectivity index (χ0) is 12.2. The number of aryl methyl sites for hydroxylation is 2. The first-order valence-electron chi connectivity index (χ1n) is 6.18. The van der Waals surface area contributed by atoms with Gasteiger partial charge < -0.3 is 5.11 Å². The topological polar surface area (TPSA) is 20.2 Å². The Hall–Kier alpha value is -0.820. The molecule has 1 unspecified atom stereocenters. The predicted molar refractivity (Wildman–Crippen MR) is 69.7 cm³/mol. The molecule has 1 rings (SSSR count). The Labute approximate surface area is 99.5 Å². The van der Waals surface area contributed by atoms with Gasteiger partial charge in [0.05, 0.1) is 0 Å². The first-order chi connectivity index (χ1) is 7.50. The summed E-state index contributed by atoms with van der Waals surface area (Å²) in [5, 5.41) is 9.54. The van der Waals surface area contributed by atoms with Gasteiger partial charge in [-0.05, 0) is 43.2 Å². The summed E-state index contributed by atoms with van der Waals surface area (Å²) >= 11 is 0. The second-order valence-electron chi connectivity index (χ2n) is 5.33. The van der Waals surface area contributed by atoms with Gasteiger partial charge in [-0.15, -0.1) is 0 Å². The Kier molecular flexibility index (Phi) is 4.55. The van der Waals surface area contributed by atoms with Crippen molar-refractivity contribution in [2.45, 2.75) is 47.0 Å². The van der Waals surface area contributed by atoms with E-state index >= 15 is 0 Å². The van der Waals surface area contributed by atoms with E-state index in [1.165, 1.54) is 16.7 Å². The molecule has 0 aromatic heterocycles. The van der Waals surface area contributed by atoms with Crippen molar-refractivity contribution < 1.29 is 5.11 Å². The van der Waals surface area contributed by atoms with E-state index in [2.05, 4.69) is 45.9 Å². The van der Waals surface area contributed by atoms with E-state index in [4.69, 9.17) is 0 Å². The summed E-state index contributed by atoms with van der Waals surface area (Å²) in [5.74, 6) is 0. The lowest BCUT2D eigenvalue weighted by Gasteiger charge is -2.27. The van der Waals surface area contributed by atoms with E-state index in [1.807, 2.05) is 0 Å². The van der Waals surface area contributed by atoms with Crippen LogP contribution in [0.4, 0.5) is 0 Å². The Morgan fingerprint density at radius 1 is 1.25 bits per heavy atom. The van der Waals surface area contributed by atoms with E-state index in [9.17, 15) is 5.11 Å². The largest absolute Gasteiger partial charge is 0.396 e. The molecule has 1 aromatic rings. The van der Waals surface area contributed by atoms with Crippen LogP contribution in [0.3, 0.4) is 0 Å². The summed E-state index contributed by atoms with van der Waals surface area (Å²) in [5.41, 5.74) is 4.05. The number of benzene rings is 1. The molecule has 1 nitrogen and oxygen atoms in total. The maximum Gasteiger partial charge on any atom is 0.0487 e. The fraction of sp³-hybridized carbons (Fsp3) is 0.600. The van der Waals surface area contributed by atoms with Crippen LogP contribution in [0.25, 0.3) is 0 Å². The molecule has 1 atom stereocenters. The summed E-state index contributed by atoms with van der Waals surface area (Å²) in [6.45, 7) is 8.90. The van der Waals surface area contributed by atoms with Crippen molar-refractivity contribution in [3.63, 3.8) is 0 Å². The van der Waals surface area contributed by atoms with Crippen LogP contribution in [-0.4, -0.2) is 11.7 Å². The minimum absolute atomic E-state index is 0.0350. The Balaban J connectivity index is 2.89. The molecule has 0 aliphatic rings. The van der Waals surface area contributed by atoms with Gasteiger partial charge in [-0.1, -0.05) is 44.0 Å². The van der Waals surface area contributed by atoms with E-state index in [1.54, 1.807) is 0 Å². The van der Waals surface area contributed by atoms with Crippen molar-refractivity contribution in [1.82, 2.24) is 0 Å². The van der Waals surface area contributed by atoms with Crippen LogP contribution in [0.5, 0.6) is 0 Å². The molecule has 0 fully saturated rings. The molecule has 0 heterocycles. The van der Waals surface area contributed by atoms with Gasteiger partial charge in [-0.25, -0.2) is 0 Å². The number of aliphatic hydroxyl groups is 1. The highest BCUT2D eigenvalue weighted by molar-refractivity contribution is 5.31. The average Bonchev–Trinajstić information content (AvgIpc) is 2.24. The Morgan fingerprint density at radius 3 is 2.50 bits per heavy atom. The molecule has 90 valence electrons. The number of hydrogen-bond acceptors (Lipinski definition) is 1. The van der Waals surface area contributed by atoms with Crippen molar-refractivity contribution >= 4 is 0 Å². The first-order valence-corrected chi connectivity index (χ1v) is 6.18. The minimum atomic E-state index is 0.0350. The van der Waals surface area contributed by atoms with Crippen molar-refractivity contribution in [3.05, 3.63) is 34.9 Å². The van der Waals surface area contributed by atoms with Gasteiger partial charge in [0, 0.05) is 6.61 Å². The van der Waals surface area contributed by atoms with E-state index in [0.717, 1.165) is 19.3 Å². The molecule has 0 amide bonds. The maximum absolute atomic E-state index is 9.54. The SMILES string of the molecule is CCCC(C)(CO)Cc1cc(C)ccc1C. The zero-order valence-corrected chi connectivity index (χ0v) is 11.0. The predicted octanol–water partition coefficient (Wildman–Crippen LogP) is 3.64. The third-order valence-electron chi connectivity index (χ3n) is 3.36. The van der Waals surface area contributed by atoms with Gasteiger partial charge in [0.15, 0.2) is 0 Å². The minimum Gasteiger partial charge on any atom is -0.396 e. The first kappa shape index (κ1) is 13.2. The number of aliphatic hydroxyl groups excluding tert-OH is 1. The fourth-order valence-electron chi connectivity index (χ4n) is 2.28. The van der Waals surface area contributed by atoms with Crippen LogP contribution < -0.4 is 0 Å². The molecule has 0 saturated heterocycles. The molecule has 0 aliphatic carbocycles. The van der Waals surface area contributed by atoms with Gasteiger partial charge in [-0.2, -0.15) is 0 Å². The molecule has 16 heavy (non-hydrogen) atoms. The molecule has 1 N–H and O–H groups in total. The molecule has 0 bridgehead atoms. The fourth-order valence-corrected chi connectivity index (χ4v) is 2.28. The number of hydrogen-bond donors (Lipinski definition) is 1.